The van der Waals surface area contributed by atoms with Crippen LogP contribution in [0.5, 0.6) is 5.75 Å². The topological polar surface area (TPSA) is 51.4 Å². The van der Waals surface area contributed by atoms with Crippen LogP contribution in [0.3, 0.4) is 0 Å². The van der Waals surface area contributed by atoms with Crippen LogP contribution in [0.1, 0.15) is 26.7 Å². The molecule has 0 unspecified atom stereocenters. The average Bonchev–Trinajstić information content (AvgIpc) is 3.10. The van der Waals surface area contributed by atoms with Crippen LogP contribution in [0, 0.1) is 0 Å². The highest BCUT2D eigenvalue weighted by atomic mass is 16.5. The van der Waals surface area contributed by atoms with Gasteiger partial charge in [-0.2, -0.15) is 0 Å². The molecule has 0 bridgehead atoms. The van der Waals surface area contributed by atoms with Crippen LogP contribution in [0.2, 0.25) is 0 Å². The average molecular weight is 235 g/mol. The van der Waals surface area contributed by atoms with Gasteiger partial charge < -0.3 is 15.4 Å². The first kappa shape index (κ1) is 12.2. The van der Waals surface area contributed by atoms with Crippen molar-refractivity contribution in [3.05, 3.63) is 18.3 Å². The monoisotopic (exact) mass is 235 g/mol. The highest BCUT2D eigenvalue weighted by Gasteiger charge is 2.31. The lowest BCUT2D eigenvalue weighted by molar-refractivity contribution is 0.242. The maximum atomic E-state index is 5.81. The van der Waals surface area contributed by atoms with Crippen LogP contribution in [-0.2, 0) is 0 Å². The second-order valence-electron chi connectivity index (χ2n) is 4.70. The Bertz CT molecular complexity index is 363. The van der Waals surface area contributed by atoms with Crippen LogP contribution >= 0.6 is 0 Å². The van der Waals surface area contributed by atoms with Gasteiger partial charge in [0.2, 0.25) is 0 Å². The largest absolute Gasteiger partial charge is 0.487 e. The first-order valence-corrected chi connectivity index (χ1v) is 6.30. The molecule has 2 rings (SSSR count). The molecule has 1 heterocycles. The lowest BCUT2D eigenvalue weighted by Gasteiger charge is -2.25. The zero-order chi connectivity index (χ0) is 12.3. The molecule has 0 radical (unpaired) electrons. The number of anilines is 1. The van der Waals surface area contributed by atoms with Gasteiger partial charge in [-0.25, -0.2) is 4.98 Å². The van der Waals surface area contributed by atoms with E-state index in [0.29, 0.717) is 12.6 Å². The number of ether oxygens (including phenoxy) is 1. The van der Waals surface area contributed by atoms with Crippen LogP contribution in [-0.4, -0.2) is 30.2 Å². The predicted molar refractivity (Wildman–Crippen MR) is 69.4 cm³/mol. The van der Waals surface area contributed by atoms with Gasteiger partial charge in [0.15, 0.2) is 11.6 Å². The first-order valence-electron chi connectivity index (χ1n) is 6.30. The van der Waals surface area contributed by atoms with Crippen molar-refractivity contribution in [2.75, 3.05) is 18.0 Å². The molecule has 0 spiro atoms. The number of nitrogens with two attached hydrogens (primary N) is 1. The third-order valence-corrected chi connectivity index (χ3v) is 2.74. The molecule has 0 amide bonds. The van der Waals surface area contributed by atoms with Gasteiger partial charge in [0.1, 0.15) is 0 Å². The Balaban J connectivity index is 2.21. The van der Waals surface area contributed by atoms with E-state index in [1.165, 1.54) is 12.8 Å². The fraction of sp³-hybridized carbons (Fsp3) is 0.615. The Morgan fingerprint density at radius 2 is 2.29 bits per heavy atom. The summed E-state index contributed by atoms with van der Waals surface area (Å²) < 4.78 is 5.81. The van der Waals surface area contributed by atoms with Crippen molar-refractivity contribution in [2.45, 2.75) is 38.8 Å². The molecule has 1 aliphatic carbocycles. The van der Waals surface area contributed by atoms with E-state index in [4.69, 9.17) is 10.5 Å². The first-order chi connectivity index (χ1) is 8.22. The third kappa shape index (κ3) is 3.09. The summed E-state index contributed by atoms with van der Waals surface area (Å²) in [5.41, 5.74) is 5.67. The fourth-order valence-corrected chi connectivity index (χ4v) is 1.93. The minimum Gasteiger partial charge on any atom is -0.487 e. The maximum Gasteiger partial charge on any atom is 0.171 e. The molecule has 4 nitrogen and oxygen atoms in total. The Morgan fingerprint density at radius 3 is 2.88 bits per heavy atom. The van der Waals surface area contributed by atoms with E-state index < -0.39 is 0 Å². The molecule has 0 aromatic carbocycles. The zero-order valence-electron chi connectivity index (χ0n) is 10.6. The molecule has 1 aromatic heterocycles. The Kier molecular flexibility index (Phi) is 3.84. The van der Waals surface area contributed by atoms with E-state index in [2.05, 4.69) is 9.88 Å². The lowest BCUT2D eigenvalue weighted by Crippen LogP contribution is -2.32. The summed E-state index contributed by atoms with van der Waals surface area (Å²) in [7, 11) is 0. The molecular formula is C13H21N3O. The molecule has 0 aliphatic heterocycles. The van der Waals surface area contributed by atoms with Gasteiger partial charge in [-0.3, -0.25) is 0 Å². The Labute approximate surface area is 103 Å². The van der Waals surface area contributed by atoms with Crippen LogP contribution < -0.4 is 15.4 Å². The summed E-state index contributed by atoms with van der Waals surface area (Å²) in [5.74, 6) is 1.80. The van der Waals surface area contributed by atoms with E-state index >= 15 is 0 Å². The summed E-state index contributed by atoms with van der Waals surface area (Å²) >= 11 is 0. The summed E-state index contributed by atoms with van der Waals surface area (Å²) in [6.07, 6.45) is 4.45. The molecule has 1 fully saturated rings. The number of pyridine rings is 1. The van der Waals surface area contributed by atoms with Gasteiger partial charge in [-0.1, -0.05) is 0 Å². The number of nitrogens with zero attached hydrogens (tertiary/aromatic N) is 2. The maximum absolute atomic E-state index is 5.81. The van der Waals surface area contributed by atoms with E-state index in [9.17, 15) is 0 Å². The highest BCUT2D eigenvalue weighted by Crippen LogP contribution is 2.35. The standard InChI is InChI=1S/C13H21N3O/c1-10(2)17-12-4-3-8-15-13(12)16(9-7-14)11-5-6-11/h3-4,8,10-11H,5-7,9,14H2,1-2H3. The fourth-order valence-electron chi connectivity index (χ4n) is 1.93. The van der Waals surface area contributed by atoms with Crippen molar-refractivity contribution in [1.82, 2.24) is 4.98 Å². The van der Waals surface area contributed by atoms with Gasteiger partial charge >= 0.3 is 0 Å². The van der Waals surface area contributed by atoms with Crippen LogP contribution in [0.4, 0.5) is 5.82 Å². The van der Waals surface area contributed by atoms with Crippen molar-refractivity contribution < 1.29 is 4.74 Å². The molecule has 0 saturated heterocycles. The smallest absolute Gasteiger partial charge is 0.171 e. The molecular weight excluding hydrogens is 214 g/mol. The van der Waals surface area contributed by atoms with E-state index in [1.54, 1.807) is 0 Å². The Hall–Kier alpha value is -1.29. The normalized spacial score (nSPS) is 15.1. The van der Waals surface area contributed by atoms with Gasteiger partial charge in [-0.15, -0.1) is 0 Å². The van der Waals surface area contributed by atoms with Crippen molar-refractivity contribution >= 4 is 5.82 Å². The number of hydrogen-bond acceptors (Lipinski definition) is 4. The van der Waals surface area contributed by atoms with Gasteiger partial charge in [-0.05, 0) is 38.8 Å². The van der Waals surface area contributed by atoms with E-state index in [0.717, 1.165) is 18.1 Å². The molecule has 1 saturated carbocycles. The SMILES string of the molecule is CC(C)Oc1cccnc1N(CCN)C1CC1. The van der Waals surface area contributed by atoms with Gasteiger partial charge in [0, 0.05) is 25.3 Å². The number of rotatable bonds is 6. The molecule has 17 heavy (non-hydrogen) atoms. The van der Waals surface area contributed by atoms with Crippen LogP contribution in [0.15, 0.2) is 18.3 Å². The second kappa shape index (κ2) is 5.36. The quantitative estimate of drug-likeness (QED) is 0.817. The highest BCUT2D eigenvalue weighted by molar-refractivity contribution is 5.53. The molecule has 94 valence electrons. The second-order valence-corrected chi connectivity index (χ2v) is 4.70. The number of hydrogen-bond donors (Lipinski definition) is 1. The number of aromatic nitrogens is 1. The minimum atomic E-state index is 0.164. The van der Waals surface area contributed by atoms with E-state index in [1.807, 2.05) is 32.2 Å². The van der Waals surface area contributed by atoms with Crippen molar-refractivity contribution in [1.29, 1.82) is 0 Å². The lowest BCUT2D eigenvalue weighted by atomic mass is 10.3. The minimum absolute atomic E-state index is 0.164. The molecule has 4 heteroatoms. The zero-order valence-corrected chi connectivity index (χ0v) is 10.6. The van der Waals surface area contributed by atoms with Crippen LogP contribution in [0.25, 0.3) is 0 Å². The summed E-state index contributed by atoms with van der Waals surface area (Å²) in [6, 6.07) is 4.49. The van der Waals surface area contributed by atoms with Crippen molar-refractivity contribution in [3.63, 3.8) is 0 Å². The summed E-state index contributed by atoms with van der Waals surface area (Å²) in [4.78, 5) is 6.73. The molecule has 0 atom stereocenters. The van der Waals surface area contributed by atoms with Crippen molar-refractivity contribution in [2.24, 2.45) is 5.73 Å². The Morgan fingerprint density at radius 1 is 1.53 bits per heavy atom. The summed E-state index contributed by atoms with van der Waals surface area (Å²) in [5, 5.41) is 0. The molecule has 2 N–H and O–H groups in total. The summed E-state index contributed by atoms with van der Waals surface area (Å²) in [6.45, 7) is 5.55. The van der Waals surface area contributed by atoms with Crippen molar-refractivity contribution in [3.8, 4) is 5.75 Å². The molecule has 1 aliphatic rings. The van der Waals surface area contributed by atoms with Gasteiger partial charge in [0.05, 0.1) is 6.10 Å². The van der Waals surface area contributed by atoms with Gasteiger partial charge in [0.25, 0.3) is 0 Å². The predicted octanol–water partition coefficient (Wildman–Crippen LogP) is 1.80. The third-order valence-electron chi connectivity index (χ3n) is 2.74. The van der Waals surface area contributed by atoms with E-state index in [-0.39, 0.29) is 6.10 Å². The molecule has 1 aromatic rings.